The maximum absolute atomic E-state index is 4.65. The van der Waals surface area contributed by atoms with Gasteiger partial charge in [0.2, 0.25) is 0 Å². The van der Waals surface area contributed by atoms with Crippen LogP contribution in [-0.2, 0) is 0 Å². The lowest BCUT2D eigenvalue weighted by Crippen LogP contribution is -2.27. The highest BCUT2D eigenvalue weighted by atomic mass is 14.7. The van der Waals surface area contributed by atoms with Gasteiger partial charge in [0, 0.05) is 69.7 Å². The fraction of sp³-hybridized carbons (Fsp3) is 0.540. The van der Waals surface area contributed by atoms with Crippen molar-refractivity contribution in [3.05, 3.63) is 107 Å². The molecule has 5 heteroatoms. The Morgan fingerprint density at radius 2 is 0.873 bits per heavy atom. The van der Waals surface area contributed by atoms with E-state index in [-0.39, 0.29) is 0 Å². The molecule has 0 unspecified atom stereocenters. The highest BCUT2D eigenvalue weighted by molar-refractivity contribution is 6.12. The van der Waals surface area contributed by atoms with E-state index >= 15 is 0 Å². The second-order valence-corrected chi connectivity index (χ2v) is 15.3. The minimum atomic E-state index is 0.854. The zero-order valence-electron chi connectivity index (χ0n) is 35.5. The molecule has 7 rings (SSSR count). The lowest BCUT2D eigenvalue weighted by Gasteiger charge is -2.31. The van der Waals surface area contributed by atoms with Crippen LogP contribution in [0, 0.1) is 18.8 Å². The summed E-state index contributed by atoms with van der Waals surface area (Å²) in [5.74, 6) is 1.71. The third kappa shape index (κ3) is 18.0. The Bertz CT molecular complexity index is 1490. The molecule has 5 nitrogen and oxygen atoms in total. The molecule has 0 spiro atoms. The average Bonchev–Trinajstić information content (AvgIpc) is 3.80. The third-order valence-corrected chi connectivity index (χ3v) is 11.2. The van der Waals surface area contributed by atoms with Crippen molar-refractivity contribution < 1.29 is 0 Å². The summed E-state index contributed by atoms with van der Waals surface area (Å²) in [5.41, 5.74) is 10.2. The Morgan fingerprint density at radius 3 is 1.22 bits per heavy atom. The Balaban J connectivity index is 0.000000191. The van der Waals surface area contributed by atoms with E-state index in [0.29, 0.717) is 0 Å². The minimum Gasteiger partial charge on any atom is -0.297 e. The fourth-order valence-electron chi connectivity index (χ4n) is 8.10. The summed E-state index contributed by atoms with van der Waals surface area (Å²) < 4.78 is 0. The van der Waals surface area contributed by atoms with E-state index in [0.717, 1.165) is 34.2 Å². The largest absolute Gasteiger partial charge is 0.297 e. The van der Waals surface area contributed by atoms with Gasteiger partial charge in [-0.2, -0.15) is 0 Å². The van der Waals surface area contributed by atoms with Crippen LogP contribution in [0.2, 0.25) is 0 Å². The molecule has 4 saturated carbocycles. The Labute approximate surface area is 336 Å². The first-order chi connectivity index (χ1) is 27.0. The number of nitrogens with zero attached hydrogens (tertiary/aromatic N) is 5. The maximum atomic E-state index is 4.65. The molecular weight excluding hydrogens is 671 g/mol. The van der Waals surface area contributed by atoms with Crippen LogP contribution in [0.25, 0.3) is 0 Å². The van der Waals surface area contributed by atoms with E-state index in [4.69, 9.17) is 0 Å². The van der Waals surface area contributed by atoms with Crippen molar-refractivity contribution in [2.24, 2.45) is 36.8 Å². The summed E-state index contributed by atoms with van der Waals surface area (Å²) in [6.07, 6.45) is 28.1. The van der Waals surface area contributed by atoms with Crippen LogP contribution in [0.3, 0.4) is 0 Å². The van der Waals surface area contributed by atoms with Crippen LogP contribution >= 0.6 is 0 Å². The number of aryl methyl sites for hydroxylation is 1. The van der Waals surface area contributed by atoms with Crippen LogP contribution < -0.4 is 0 Å². The van der Waals surface area contributed by atoms with Crippen molar-refractivity contribution >= 4 is 29.1 Å². The Hall–Kier alpha value is -3.99. The minimum absolute atomic E-state index is 0.854. The molecular formula is C50H73N5. The van der Waals surface area contributed by atoms with Gasteiger partial charge in [-0.1, -0.05) is 135 Å². The second-order valence-electron chi connectivity index (χ2n) is 15.3. The van der Waals surface area contributed by atoms with Crippen molar-refractivity contribution in [2.45, 2.75) is 129 Å². The van der Waals surface area contributed by atoms with Gasteiger partial charge in [-0.25, -0.2) is 0 Å². The third-order valence-electron chi connectivity index (χ3n) is 11.2. The Kier molecular flexibility index (Phi) is 23.5. The van der Waals surface area contributed by atoms with Crippen molar-refractivity contribution in [2.75, 3.05) is 35.2 Å². The van der Waals surface area contributed by atoms with Gasteiger partial charge < -0.3 is 0 Å². The van der Waals surface area contributed by atoms with Crippen molar-refractivity contribution in [1.82, 2.24) is 0 Å². The summed E-state index contributed by atoms with van der Waals surface area (Å²) in [4.78, 5) is 21.2. The van der Waals surface area contributed by atoms with Gasteiger partial charge in [0.25, 0.3) is 0 Å². The van der Waals surface area contributed by atoms with Crippen molar-refractivity contribution in [3.63, 3.8) is 0 Å². The lowest BCUT2D eigenvalue weighted by molar-refractivity contribution is 0.387. The molecule has 0 saturated heterocycles. The molecule has 55 heavy (non-hydrogen) atoms. The number of hydrogen-bond donors (Lipinski definition) is 0. The SMILES string of the molecule is CN=C(C1CCCCC1)C1CCCCC1.CN=C(c1ccccc1)c1ccccc1.CN=C1CCCC1.CN=C1CCCCC1.CN=Cc1ccc(C)cc1. The van der Waals surface area contributed by atoms with E-state index in [1.807, 2.05) is 70.8 Å². The molecule has 298 valence electrons. The molecule has 0 aromatic heterocycles. The maximum Gasteiger partial charge on any atom is 0.0715 e. The smallest absolute Gasteiger partial charge is 0.0715 e. The molecule has 0 aliphatic heterocycles. The van der Waals surface area contributed by atoms with Gasteiger partial charge >= 0.3 is 0 Å². The molecule has 0 N–H and O–H groups in total. The molecule has 3 aromatic carbocycles. The highest BCUT2D eigenvalue weighted by Gasteiger charge is 2.26. The summed E-state index contributed by atoms with van der Waals surface area (Å²) in [5, 5.41) is 0. The van der Waals surface area contributed by atoms with Crippen molar-refractivity contribution in [1.29, 1.82) is 0 Å². The normalized spacial score (nSPS) is 17.1. The summed E-state index contributed by atoms with van der Waals surface area (Å²) >= 11 is 0. The molecule has 0 bridgehead atoms. The number of hydrogen-bond acceptors (Lipinski definition) is 5. The van der Waals surface area contributed by atoms with E-state index in [2.05, 4.69) is 80.4 Å². The molecule has 4 aliphatic rings. The fourth-order valence-corrected chi connectivity index (χ4v) is 8.10. The van der Waals surface area contributed by atoms with E-state index < -0.39 is 0 Å². The first kappa shape index (κ1) is 45.4. The number of rotatable bonds is 5. The lowest BCUT2D eigenvalue weighted by atomic mass is 9.76. The number of benzene rings is 3. The molecule has 3 aromatic rings. The van der Waals surface area contributed by atoms with E-state index in [1.165, 1.54) is 139 Å². The Morgan fingerprint density at radius 1 is 0.473 bits per heavy atom. The summed E-state index contributed by atoms with van der Waals surface area (Å²) in [6.45, 7) is 2.08. The molecule has 0 amide bonds. The first-order valence-corrected chi connectivity index (χ1v) is 21.4. The van der Waals surface area contributed by atoms with Gasteiger partial charge in [0.1, 0.15) is 0 Å². The second kappa shape index (κ2) is 28.4. The van der Waals surface area contributed by atoms with Crippen LogP contribution in [0.4, 0.5) is 0 Å². The predicted molar refractivity (Wildman–Crippen MR) is 244 cm³/mol. The quantitative estimate of drug-likeness (QED) is 0.234. The average molecular weight is 744 g/mol. The summed E-state index contributed by atoms with van der Waals surface area (Å²) in [6, 6.07) is 28.7. The standard InChI is InChI=1S/C14H25N.C14H13N.C9H11N.C7H13N.C6H11N/c2*1-15-14(12-8-4-2-5-9-12)13-10-6-3-7-11-13;1-8-3-5-9(6-4-8)7-10-2;1-8-7-5-3-2-4-6-7;1-7-6-4-2-3-5-6/h12-13H,2-11H2,1H3;2-11H,1H3;3-7H,1-2H3;2-6H2,1H3;2-5H2,1H3. The zero-order valence-corrected chi connectivity index (χ0v) is 35.5. The van der Waals surface area contributed by atoms with Crippen LogP contribution in [-0.4, -0.2) is 64.3 Å². The number of aliphatic imine (C=N–C) groups is 5. The molecule has 4 aliphatic carbocycles. The molecule has 4 fully saturated rings. The zero-order chi connectivity index (χ0) is 39.4. The molecule has 0 atom stereocenters. The first-order valence-electron chi connectivity index (χ1n) is 21.4. The van der Waals surface area contributed by atoms with Crippen LogP contribution in [0.5, 0.6) is 0 Å². The van der Waals surface area contributed by atoms with Crippen LogP contribution in [0.1, 0.15) is 144 Å². The van der Waals surface area contributed by atoms with Gasteiger partial charge in [-0.05, 0) is 101 Å². The highest BCUT2D eigenvalue weighted by Crippen LogP contribution is 2.33. The van der Waals surface area contributed by atoms with Crippen LogP contribution in [0.15, 0.2) is 110 Å². The van der Waals surface area contributed by atoms with Gasteiger partial charge in [0.15, 0.2) is 0 Å². The van der Waals surface area contributed by atoms with E-state index in [9.17, 15) is 0 Å². The van der Waals surface area contributed by atoms with Gasteiger partial charge in [-0.3, -0.25) is 25.0 Å². The van der Waals surface area contributed by atoms with Gasteiger partial charge in [-0.15, -0.1) is 0 Å². The van der Waals surface area contributed by atoms with Gasteiger partial charge in [0.05, 0.1) is 5.71 Å². The molecule has 0 radical (unpaired) electrons. The van der Waals surface area contributed by atoms with E-state index in [1.54, 1.807) is 12.8 Å². The monoisotopic (exact) mass is 744 g/mol. The predicted octanol–water partition coefficient (Wildman–Crippen LogP) is 13.1. The summed E-state index contributed by atoms with van der Waals surface area (Å²) in [7, 11) is 9.43. The topological polar surface area (TPSA) is 61.8 Å². The molecule has 0 heterocycles. The van der Waals surface area contributed by atoms with Crippen molar-refractivity contribution in [3.8, 4) is 0 Å².